The van der Waals surface area contributed by atoms with Crippen LogP contribution in [0.2, 0.25) is 0 Å². The summed E-state index contributed by atoms with van der Waals surface area (Å²) in [5.41, 5.74) is 0.915. The number of nitrogens with zero attached hydrogens (tertiary/aromatic N) is 1. The van der Waals surface area contributed by atoms with Crippen molar-refractivity contribution in [2.24, 2.45) is 0 Å². The summed E-state index contributed by atoms with van der Waals surface area (Å²) in [6.07, 6.45) is -5.64. The van der Waals surface area contributed by atoms with Crippen molar-refractivity contribution in [2.75, 3.05) is 6.61 Å². The quantitative estimate of drug-likeness (QED) is 0.471. The van der Waals surface area contributed by atoms with E-state index in [4.69, 9.17) is 13.9 Å². The molecule has 154 valence electrons. The average Bonchev–Trinajstić information content (AvgIpc) is 3.14. The molecule has 9 nitrogen and oxygen atoms in total. The summed E-state index contributed by atoms with van der Waals surface area (Å²) in [6, 6.07) is 4.47. The molecule has 0 spiro atoms. The highest BCUT2D eigenvalue weighted by molar-refractivity contribution is 7.09. The molecule has 3 aromatic rings. The third-order valence-corrected chi connectivity index (χ3v) is 5.52. The fourth-order valence-electron chi connectivity index (χ4n) is 3.14. The number of rotatable bonds is 4. The first-order chi connectivity index (χ1) is 13.9. The minimum Gasteiger partial charge on any atom is -0.463 e. The van der Waals surface area contributed by atoms with Gasteiger partial charge in [0.1, 0.15) is 42.0 Å². The van der Waals surface area contributed by atoms with Gasteiger partial charge in [-0.1, -0.05) is 0 Å². The van der Waals surface area contributed by atoms with Gasteiger partial charge in [-0.15, -0.1) is 11.3 Å². The monoisotopic (exact) mass is 421 g/mol. The maximum atomic E-state index is 12.8. The summed E-state index contributed by atoms with van der Waals surface area (Å²) >= 11 is 1.43. The number of aliphatic hydroxyl groups is 4. The van der Waals surface area contributed by atoms with Gasteiger partial charge in [0.2, 0.25) is 11.7 Å². The Morgan fingerprint density at radius 1 is 1.21 bits per heavy atom. The van der Waals surface area contributed by atoms with E-state index in [2.05, 4.69) is 4.98 Å². The zero-order valence-electron chi connectivity index (χ0n) is 15.3. The number of benzene rings is 1. The first kappa shape index (κ1) is 20.0. The molecular weight excluding hydrogens is 402 g/mol. The van der Waals surface area contributed by atoms with Gasteiger partial charge in [-0.2, -0.15) is 0 Å². The van der Waals surface area contributed by atoms with E-state index in [-0.39, 0.29) is 16.8 Å². The molecule has 0 unspecified atom stereocenters. The lowest BCUT2D eigenvalue weighted by molar-refractivity contribution is -0.277. The number of aryl methyl sites for hydroxylation is 1. The van der Waals surface area contributed by atoms with E-state index in [1.54, 1.807) is 5.38 Å². The lowest BCUT2D eigenvalue weighted by Gasteiger charge is -2.39. The molecule has 2 aromatic heterocycles. The van der Waals surface area contributed by atoms with Crippen molar-refractivity contribution in [3.8, 4) is 17.0 Å². The second kappa shape index (κ2) is 7.82. The predicted molar refractivity (Wildman–Crippen MR) is 103 cm³/mol. The Morgan fingerprint density at radius 3 is 2.69 bits per heavy atom. The summed E-state index contributed by atoms with van der Waals surface area (Å²) in [4.78, 5) is 17.1. The number of aliphatic hydroxyl groups excluding tert-OH is 4. The van der Waals surface area contributed by atoms with E-state index in [0.29, 0.717) is 16.6 Å². The molecule has 4 N–H and O–H groups in total. The average molecular weight is 421 g/mol. The molecule has 0 amide bonds. The number of hydrogen-bond donors (Lipinski definition) is 4. The molecule has 0 saturated carbocycles. The van der Waals surface area contributed by atoms with Crippen LogP contribution in [0.25, 0.3) is 22.2 Å². The Labute approximate surface area is 168 Å². The van der Waals surface area contributed by atoms with Crippen LogP contribution in [0, 0.1) is 6.92 Å². The fourth-order valence-corrected chi connectivity index (χ4v) is 3.76. The van der Waals surface area contributed by atoms with Crippen LogP contribution >= 0.6 is 11.3 Å². The molecule has 1 fully saturated rings. The predicted octanol–water partition coefficient (Wildman–Crippen LogP) is 0.404. The summed E-state index contributed by atoms with van der Waals surface area (Å²) in [5.74, 6) is 0.210. The standard InChI is InChI=1S/C19H19NO8S/c1-8-20-12(7-29-8)11-6-26-13-4-9(2-3-10(13)15(11)22)27-19-18(25)17(24)16(23)14(5-21)28-19/h2-4,6-7,14,16-19,21,23-25H,5H2,1H3/t14-,16+,17+,18+,19+/m0/s1. The van der Waals surface area contributed by atoms with Crippen LogP contribution in [0.15, 0.2) is 39.1 Å². The molecule has 0 radical (unpaired) electrons. The van der Waals surface area contributed by atoms with Gasteiger partial charge in [-0.25, -0.2) is 4.98 Å². The second-order valence-corrected chi connectivity index (χ2v) is 7.77. The summed E-state index contributed by atoms with van der Waals surface area (Å²) in [7, 11) is 0. The molecule has 5 atom stereocenters. The van der Waals surface area contributed by atoms with Gasteiger partial charge in [0.25, 0.3) is 0 Å². The van der Waals surface area contributed by atoms with Crippen LogP contribution in [0.4, 0.5) is 0 Å². The highest BCUT2D eigenvalue weighted by atomic mass is 32.1. The van der Waals surface area contributed by atoms with Crippen LogP contribution in [-0.2, 0) is 4.74 Å². The van der Waals surface area contributed by atoms with Gasteiger partial charge in [-0.05, 0) is 19.1 Å². The zero-order chi connectivity index (χ0) is 20.7. The minimum atomic E-state index is -1.55. The maximum absolute atomic E-state index is 12.8. The molecule has 1 saturated heterocycles. The van der Waals surface area contributed by atoms with Crippen LogP contribution in [0.3, 0.4) is 0 Å². The van der Waals surface area contributed by atoms with Crippen molar-refractivity contribution in [1.29, 1.82) is 0 Å². The number of hydrogen-bond acceptors (Lipinski definition) is 10. The first-order valence-electron chi connectivity index (χ1n) is 8.84. The largest absolute Gasteiger partial charge is 0.463 e. The highest BCUT2D eigenvalue weighted by Crippen LogP contribution is 2.27. The van der Waals surface area contributed by atoms with E-state index in [0.717, 1.165) is 5.01 Å². The van der Waals surface area contributed by atoms with Crippen molar-refractivity contribution in [1.82, 2.24) is 4.98 Å². The molecule has 29 heavy (non-hydrogen) atoms. The van der Waals surface area contributed by atoms with Crippen molar-refractivity contribution < 1.29 is 34.3 Å². The van der Waals surface area contributed by atoms with Crippen molar-refractivity contribution >= 4 is 22.3 Å². The minimum absolute atomic E-state index is 0.210. The third kappa shape index (κ3) is 3.66. The number of fused-ring (bicyclic) bond motifs is 1. The lowest BCUT2D eigenvalue weighted by atomic mass is 9.99. The van der Waals surface area contributed by atoms with Gasteiger partial charge in [-0.3, -0.25) is 4.79 Å². The highest BCUT2D eigenvalue weighted by Gasteiger charge is 2.44. The van der Waals surface area contributed by atoms with E-state index in [1.807, 2.05) is 6.92 Å². The fraction of sp³-hybridized carbons (Fsp3) is 0.368. The second-order valence-electron chi connectivity index (χ2n) is 6.70. The topological polar surface area (TPSA) is 142 Å². The summed E-state index contributed by atoms with van der Waals surface area (Å²) < 4.78 is 16.5. The van der Waals surface area contributed by atoms with Crippen molar-refractivity contribution in [2.45, 2.75) is 37.6 Å². The Bertz CT molecular complexity index is 1080. The molecule has 1 aliphatic heterocycles. The van der Waals surface area contributed by atoms with E-state index in [1.165, 1.54) is 35.8 Å². The van der Waals surface area contributed by atoms with Gasteiger partial charge in [0.15, 0.2) is 0 Å². The van der Waals surface area contributed by atoms with Crippen LogP contribution in [-0.4, -0.2) is 62.7 Å². The van der Waals surface area contributed by atoms with Gasteiger partial charge in [0.05, 0.1) is 28.3 Å². The Balaban J connectivity index is 1.62. The van der Waals surface area contributed by atoms with Gasteiger partial charge < -0.3 is 34.3 Å². The van der Waals surface area contributed by atoms with Gasteiger partial charge >= 0.3 is 0 Å². The SMILES string of the molecule is Cc1nc(-c2coc3cc(O[C@@H]4O[C@@H](CO)[C@@H](O)[C@@H](O)[C@H]4O)ccc3c2=O)cs1. The summed E-state index contributed by atoms with van der Waals surface area (Å²) in [6.45, 7) is 1.29. The Hall–Kier alpha value is -2.34. The smallest absolute Gasteiger partial charge is 0.229 e. The van der Waals surface area contributed by atoms with Crippen molar-refractivity contribution in [3.63, 3.8) is 0 Å². The molecule has 4 rings (SSSR count). The molecule has 0 aliphatic carbocycles. The number of aromatic nitrogens is 1. The van der Waals surface area contributed by atoms with Crippen molar-refractivity contribution in [3.05, 3.63) is 45.1 Å². The van der Waals surface area contributed by atoms with E-state index in [9.17, 15) is 25.2 Å². The van der Waals surface area contributed by atoms with Crippen LogP contribution < -0.4 is 10.2 Å². The normalized spacial score (nSPS) is 27.3. The maximum Gasteiger partial charge on any atom is 0.229 e. The lowest BCUT2D eigenvalue weighted by Crippen LogP contribution is -2.60. The molecule has 10 heteroatoms. The molecule has 1 aliphatic rings. The van der Waals surface area contributed by atoms with Crippen LogP contribution in [0.5, 0.6) is 5.75 Å². The third-order valence-electron chi connectivity index (χ3n) is 4.74. The Kier molecular flexibility index (Phi) is 5.38. The van der Waals surface area contributed by atoms with E-state index < -0.39 is 37.3 Å². The molecular formula is C19H19NO8S. The number of thiazole rings is 1. The van der Waals surface area contributed by atoms with Gasteiger partial charge in [0, 0.05) is 11.4 Å². The molecule has 0 bridgehead atoms. The molecule has 1 aromatic carbocycles. The van der Waals surface area contributed by atoms with E-state index >= 15 is 0 Å². The summed E-state index contributed by atoms with van der Waals surface area (Å²) in [5, 5.41) is 42.0. The van der Waals surface area contributed by atoms with Crippen LogP contribution in [0.1, 0.15) is 5.01 Å². The molecule has 3 heterocycles. The number of ether oxygens (including phenoxy) is 2. The first-order valence-corrected chi connectivity index (χ1v) is 9.72. The Morgan fingerprint density at radius 2 is 2.00 bits per heavy atom. The zero-order valence-corrected chi connectivity index (χ0v) is 16.1.